The van der Waals surface area contributed by atoms with Gasteiger partial charge in [-0.25, -0.2) is 18.7 Å². The second kappa shape index (κ2) is 8.17. The Labute approximate surface area is 177 Å². The molecule has 0 unspecified atom stereocenters. The lowest BCUT2D eigenvalue weighted by molar-refractivity contribution is 0.0949. The van der Waals surface area contributed by atoms with Gasteiger partial charge < -0.3 is 10.3 Å². The molecule has 0 saturated carbocycles. The molecule has 3 heterocycles. The van der Waals surface area contributed by atoms with Crippen LogP contribution >= 0.6 is 22.7 Å². The maximum absolute atomic E-state index is 14.1. The van der Waals surface area contributed by atoms with Crippen molar-refractivity contribution in [2.45, 2.75) is 13.5 Å². The number of hydrogen-bond acceptors (Lipinski definition) is 6. The van der Waals surface area contributed by atoms with Crippen molar-refractivity contribution in [3.8, 4) is 15.6 Å². The van der Waals surface area contributed by atoms with Crippen LogP contribution in [0.2, 0.25) is 0 Å². The highest BCUT2D eigenvalue weighted by Gasteiger charge is 2.18. The third kappa shape index (κ3) is 3.74. The summed E-state index contributed by atoms with van der Waals surface area (Å²) < 4.78 is 14.7. The fourth-order valence-corrected chi connectivity index (χ4v) is 4.64. The highest BCUT2D eigenvalue weighted by molar-refractivity contribution is 7.21. The first-order valence-corrected chi connectivity index (χ1v) is 10.5. The van der Waals surface area contributed by atoms with Gasteiger partial charge in [-0.3, -0.25) is 9.59 Å². The zero-order valence-corrected chi connectivity index (χ0v) is 17.3. The summed E-state index contributed by atoms with van der Waals surface area (Å²) in [5, 5.41) is 5.50. The molecule has 0 aliphatic carbocycles. The molecule has 7 nitrogen and oxygen atoms in total. The van der Waals surface area contributed by atoms with E-state index in [1.807, 2.05) is 24.4 Å². The largest absolute Gasteiger partial charge is 0.347 e. The van der Waals surface area contributed by atoms with Gasteiger partial charge in [-0.15, -0.1) is 22.7 Å². The summed E-state index contributed by atoms with van der Waals surface area (Å²) >= 11 is 3.03. The number of thiophene rings is 1. The monoisotopic (exact) mass is 442 g/mol. The van der Waals surface area contributed by atoms with Crippen molar-refractivity contribution in [1.82, 2.24) is 19.9 Å². The Kier molecular flexibility index (Phi) is 5.42. The first-order valence-electron chi connectivity index (χ1n) is 8.83. The molecule has 0 aliphatic rings. The lowest BCUT2D eigenvalue weighted by atomic mass is 10.2. The van der Waals surface area contributed by atoms with Crippen molar-refractivity contribution in [3.05, 3.63) is 90.8 Å². The van der Waals surface area contributed by atoms with Gasteiger partial charge in [-0.05, 0) is 30.5 Å². The molecule has 0 atom stereocenters. The van der Waals surface area contributed by atoms with Crippen LogP contribution < -0.4 is 16.6 Å². The Bertz CT molecular complexity index is 1340. The van der Waals surface area contributed by atoms with E-state index in [0.717, 1.165) is 32.7 Å². The van der Waals surface area contributed by atoms with Crippen LogP contribution in [0, 0.1) is 12.7 Å². The minimum absolute atomic E-state index is 0.173. The fraction of sp³-hybridized carbons (Fsp3) is 0.100. The van der Waals surface area contributed by atoms with Gasteiger partial charge in [0.2, 0.25) is 0 Å². The third-order valence-electron chi connectivity index (χ3n) is 4.35. The first-order chi connectivity index (χ1) is 14.5. The normalized spacial score (nSPS) is 10.9. The molecule has 1 amide bonds. The number of aromatic nitrogens is 3. The van der Waals surface area contributed by atoms with Crippen molar-refractivity contribution in [1.29, 1.82) is 0 Å². The van der Waals surface area contributed by atoms with Crippen LogP contribution in [0.25, 0.3) is 15.6 Å². The van der Waals surface area contributed by atoms with Gasteiger partial charge in [-0.2, -0.15) is 0 Å². The van der Waals surface area contributed by atoms with Crippen molar-refractivity contribution in [2.24, 2.45) is 0 Å². The number of rotatable bonds is 5. The maximum Gasteiger partial charge on any atom is 0.333 e. The summed E-state index contributed by atoms with van der Waals surface area (Å²) in [6.45, 7) is 2.02. The summed E-state index contributed by atoms with van der Waals surface area (Å²) in [5.41, 5.74) is -1.47. The number of aryl methyl sites for hydroxylation is 1. The van der Waals surface area contributed by atoms with Crippen LogP contribution in [-0.2, 0) is 6.54 Å². The average Bonchev–Trinajstić information content (AvgIpc) is 3.37. The highest BCUT2D eigenvalue weighted by Crippen LogP contribution is 2.30. The van der Waals surface area contributed by atoms with Gasteiger partial charge in [0, 0.05) is 11.1 Å². The Morgan fingerprint density at radius 1 is 1.23 bits per heavy atom. The van der Waals surface area contributed by atoms with Crippen LogP contribution in [0.15, 0.2) is 57.6 Å². The summed E-state index contributed by atoms with van der Waals surface area (Å²) in [5.74, 6) is -1.42. The maximum atomic E-state index is 14.1. The lowest BCUT2D eigenvalue weighted by Gasteiger charge is -2.08. The molecule has 2 N–H and O–H groups in total. The highest BCUT2D eigenvalue weighted by atomic mass is 32.1. The van der Waals surface area contributed by atoms with E-state index < -0.39 is 23.0 Å². The molecule has 0 spiro atoms. The quantitative estimate of drug-likeness (QED) is 0.496. The van der Waals surface area contributed by atoms with E-state index >= 15 is 0 Å². The van der Waals surface area contributed by atoms with Gasteiger partial charge >= 0.3 is 5.69 Å². The molecule has 0 bridgehead atoms. The minimum atomic E-state index is -0.901. The smallest absolute Gasteiger partial charge is 0.333 e. The van der Waals surface area contributed by atoms with Gasteiger partial charge in [0.05, 0.1) is 22.8 Å². The van der Waals surface area contributed by atoms with Crippen molar-refractivity contribution in [2.75, 3.05) is 0 Å². The molecule has 4 aromatic rings. The van der Waals surface area contributed by atoms with E-state index in [4.69, 9.17) is 0 Å². The zero-order chi connectivity index (χ0) is 21.3. The number of nitrogens with one attached hydrogen (secondary N) is 2. The number of H-pyrrole nitrogens is 1. The fourth-order valence-electron chi connectivity index (χ4n) is 2.84. The van der Waals surface area contributed by atoms with E-state index in [2.05, 4.69) is 15.3 Å². The van der Waals surface area contributed by atoms with Gasteiger partial charge in [0.1, 0.15) is 16.4 Å². The topological polar surface area (TPSA) is 96.8 Å². The van der Waals surface area contributed by atoms with Gasteiger partial charge in [0.15, 0.2) is 0 Å². The molecule has 0 saturated heterocycles. The molecule has 30 heavy (non-hydrogen) atoms. The van der Waals surface area contributed by atoms with E-state index in [1.165, 1.54) is 29.5 Å². The van der Waals surface area contributed by atoms with Gasteiger partial charge in [-0.1, -0.05) is 18.2 Å². The molecule has 152 valence electrons. The molecule has 10 heteroatoms. The molecule has 4 rings (SSSR count). The number of nitrogens with zero attached hydrogens (tertiary/aromatic N) is 2. The number of hydrogen-bond donors (Lipinski definition) is 2. The SMILES string of the molecule is Cc1nc(-c2cccs2)sc1CNC(=O)c1c[nH]c(=O)n(-c2ccccc2F)c1=O. The van der Waals surface area contributed by atoms with E-state index in [-0.39, 0.29) is 17.8 Å². The number of amides is 1. The molecule has 0 radical (unpaired) electrons. The molecule has 0 fully saturated rings. The standard InChI is InChI=1S/C20H15FN4O3S2/c1-11-16(30-18(24-11)15-7-4-8-29-15)10-22-17(26)12-9-23-20(28)25(19(12)27)14-6-3-2-5-13(14)21/h2-9H,10H2,1H3,(H,22,26)(H,23,28). The van der Waals surface area contributed by atoms with Crippen molar-refractivity contribution < 1.29 is 9.18 Å². The lowest BCUT2D eigenvalue weighted by Crippen LogP contribution is -2.39. The Balaban J connectivity index is 1.59. The predicted octanol–water partition coefficient (Wildman–Crippen LogP) is 3.09. The third-order valence-corrected chi connectivity index (χ3v) is 6.55. The second-order valence-electron chi connectivity index (χ2n) is 6.29. The van der Waals surface area contributed by atoms with Gasteiger partial charge in [0.25, 0.3) is 11.5 Å². The van der Waals surface area contributed by atoms with Crippen LogP contribution in [0.5, 0.6) is 0 Å². The van der Waals surface area contributed by atoms with Crippen LogP contribution in [0.3, 0.4) is 0 Å². The van der Waals surface area contributed by atoms with E-state index in [0.29, 0.717) is 4.57 Å². The Morgan fingerprint density at radius 2 is 2.03 bits per heavy atom. The number of thiazole rings is 1. The van der Waals surface area contributed by atoms with Crippen molar-refractivity contribution >= 4 is 28.6 Å². The number of carbonyl (C=O) groups is 1. The molecule has 0 aliphatic heterocycles. The summed E-state index contributed by atoms with van der Waals surface area (Å²) in [6.07, 6.45) is 1.04. The number of benzene rings is 1. The molecule has 3 aromatic heterocycles. The molecular weight excluding hydrogens is 427 g/mol. The number of para-hydroxylation sites is 1. The van der Waals surface area contributed by atoms with E-state index in [9.17, 15) is 18.8 Å². The van der Waals surface area contributed by atoms with Crippen LogP contribution in [-0.4, -0.2) is 20.4 Å². The average molecular weight is 442 g/mol. The zero-order valence-electron chi connectivity index (χ0n) is 15.6. The number of carbonyl (C=O) groups excluding carboxylic acids is 1. The summed E-state index contributed by atoms with van der Waals surface area (Å²) in [6, 6.07) is 9.27. The Morgan fingerprint density at radius 3 is 2.77 bits per heavy atom. The van der Waals surface area contributed by atoms with Crippen LogP contribution in [0.1, 0.15) is 20.9 Å². The summed E-state index contributed by atoms with van der Waals surface area (Å²) in [4.78, 5) is 46.2. The summed E-state index contributed by atoms with van der Waals surface area (Å²) in [7, 11) is 0. The first kappa shape index (κ1) is 19.9. The molecular formula is C20H15FN4O3S2. The molecule has 1 aromatic carbocycles. The van der Waals surface area contributed by atoms with Crippen LogP contribution in [0.4, 0.5) is 4.39 Å². The van der Waals surface area contributed by atoms with E-state index in [1.54, 1.807) is 11.3 Å². The van der Waals surface area contributed by atoms with Crippen molar-refractivity contribution in [3.63, 3.8) is 0 Å². The Hall–Kier alpha value is -3.37. The second-order valence-corrected chi connectivity index (χ2v) is 8.32. The number of aromatic amines is 1. The number of halogens is 1. The predicted molar refractivity (Wildman–Crippen MR) is 114 cm³/mol. The minimum Gasteiger partial charge on any atom is -0.347 e.